The molecule has 20 heavy (non-hydrogen) atoms. The number of halogens is 4. The summed E-state index contributed by atoms with van der Waals surface area (Å²) in [5, 5.41) is 0. The first-order chi connectivity index (χ1) is 9.40. The molecule has 0 bridgehead atoms. The lowest BCUT2D eigenvalue weighted by Crippen LogP contribution is -2.05. The fourth-order valence-electron chi connectivity index (χ4n) is 1.64. The molecule has 0 fully saturated rings. The molecule has 106 valence electrons. The third kappa shape index (κ3) is 3.27. The number of anilines is 1. The molecule has 2 aromatic carbocycles. The van der Waals surface area contributed by atoms with Crippen LogP contribution < -0.4 is 5.73 Å². The van der Waals surface area contributed by atoms with Gasteiger partial charge in [-0.05, 0) is 46.3 Å². The lowest BCUT2D eigenvalue weighted by atomic mass is 10.2. The molecule has 1 atom stereocenters. The van der Waals surface area contributed by atoms with E-state index in [1.807, 2.05) is 0 Å². The van der Waals surface area contributed by atoms with Gasteiger partial charge in [-0.2, -0.15) is 0 Å². The van der Waals surface area contributed by atoms with Gasteiger partial charge in [-0.3, -0.25) is 4.21 Å². The van der Waals surface area contributed by atoms with E-state index >= 15 is 0 Å². The Labute approximate surface area is 134 Å². The molecular weight excluding hydrogens is 416 g/mol. The maximum Gasteiger partial charge on any atom is 0.144 e. The minimum atomic E-state index is -1.63. The second kappa shape index (κ2) is 6.32. The van der Waals surface area contributed by atoms with E-state index in [0.717, 1.165) is 10.5 Å². The van der Waals surface area contributed by atoms with Gasteiger partial charge in [0.1, 0.15) is 11.6 Å². The summed E-state index contributed by atoms with van der Waals surface area (Å²) in [6, 6.07) is 7.25. The lowest BCUT2D eigenvalue weighted by molar-refractivity contribution is 0.560. The van der Waals surface area contributed by atoms with Crippen LogP contribution in [0.15, 0.2) is 44.2 Å². The van der Waals surface area contributed by atoms with Crippen LogP contribution >= 0.6 is 31.9 Å². The number of hydrogen-bond acceptors (Lipinski definition) is 2. The summed E-state index contributed by atoms with van der Waals surface area (Å²) in [6.45, 7) is 0. The van der Waals surface area contributed by atoms with Crippen LogP contribution in [0.4, 0.5) is 14.5 Å². The smallest absolute Gasteiger partial charge is 0.144 e. The molecule has 2 nitrogen and oxygen atoms in total. The molecule has 0 saturated heterocycles. The Morgan fingerprint density at radius 1 is 1.15 bits per heavy atom. The van der Waals surface area contributed by atoms with Crippen LogP contribution in [0.1, 0.15) is 5.56 Å². The summed E-state index contributed by atoms with van der Waals surface area (Å²) in [6.07, 6.45) is 0. The summed E-state index contributed by atoms with van der Waals surface area (Å²) in [7, 11) is -1.63. The maximum atomic E-state index is 13.8. The summed E-state index contributed by atoms with van der Waals surface area (Å²) < 4.78 is 40.6. The third-order valence-corrected chi connectivity index (χ3v) is 5.15. The average molecular weight is 425 g/mol. The molecule has 0 aliphatic rings. The molecule has 0 aliphatic carbocycles. The Balaban J connectivity index is 2.35. The molecule has 0 radical (unpaired) electrons. The van der Waals surface area contributed by atoms with Crippen LogP contribution in [0.3, 0.4) is 0 Å². The Bertz CT molecular complexity index is 694. The predicted molar refractivity (Wildman–Crippen MR) is 82.7 cm³/mol. The highest BCUT2D eigenvalue weighted by Gasteiger charge is 2.17. The van der Waals surface area contributed by atoms with Gasteiger partial charge >= 0.3 is 0 Å². The van der Waals surface area contributed by atoms with Gasteiger partial charge < -0.3 is 5.73 Å². The van der Waals surface area contributed by atoms with Crippen molar-refractivity contribution in [2.45, 2.75) is 10.6 Å². The first-order valence-corrected chi connectivity index (χ1v) is 8.36. The molecule has 0 amide bonds. The van der Waals surface area contributed by atoms with E-state index in [0.29, 0.717) is 10.6 Å². The summed E-state index contributed by atoms with van der Waals surface area (Å²) in [5.41, 5.74) is 5.85. The van der Waals surface area contributed by atoms with E-state index in [9.17, 15) is 13.0 Å². The fraction of sp³-hybridized carbons (Fsp3) is 0.0769. The zero-order chi connectivity index (χ0) is 14.9. The zero-order valence-electron chi connectivity index (χ0n) is 10.00. The zero-order valence-corrected chi connectivity index (χ0v) is 14.0. The van der Waals surface area contributed by atoms with Crippen LogP contribution in [0.2, 0.25) is 0 Å². The van der Waals surface area contributed by atoms with E-state index in [-0.39, 0.29) is 15.8 Å². The Morgan fingerprint density at radius 2 is 1.85 bits per heavy atom. The van der Waals surface area contributed by atoms with Crippen molar-refractivity contribution in [3.8, 4) is 0 Å². The lowest BCUT2D eigenvalue weighted by Gasteiger charge is -2.09. The first kappa shape index (κ1) is 15.6. The first-order valence-electron chi connectivity index (χ1n) is 5.46. The molecule has 2 N–H and O–H groups in total. The van der Waals surface area contributed by atoms with Crippen molar-refractivity contribution < 1.29 is 13.0 Å². The molecule has 0 aromatic heterocycles. The second-order valence-electron chi connectivity index (χ2n) is 3.99. The summed E-state index contributed by atoms with van der Waals surface area (Å²) >= 11 is 6.22. The van der Waals surface area contributed by atoms with Crippen LogP contribution in [0.25, 0.3) is 0 Å². The van der Waals surface area contributed by atoms with E-state index in [2.05, 4.69) is 31.9 Å². The number of rotatable bonds is 3. The minimum Gasteiger partial charge on any atom is -0.398 e. The van der Waals surface area contributed by atoms with Gasteiger partial charge in [0.05, 0.1) is 25.9 Å². The van der Waals surface area contributed by atoms with E-state index in [4.69, 9.17) is 5.73 Å². The van der Waals surface area contributed by atoms with Crippen molar-refractivity contribution in [2.75, 3.05) is 5.73 Å². The van der Waals surface area contributed by atoms with Crippen molar-refractivity contribution in [3.63, 3.8) is 0 Å². The van der Waals surface area contributed by atoms with Crippen molar-refractivity contribution >= 4 is 48.3 Å². The van der Waals surface area contributed by atoms with Gasteiger partial charge in [0.2, 0.25) is 0 Å². The average Bonchev–Trinajstić information content (AvgIpc) is 2.39. The topological polar surface area (TPSA) is 43.1 Å². The van der Waals surface area contributed by atoms with Gasteiger partial charge in [-0.15, -0.1) is 0 Å². The largest absolute Gasteiger partial charge is 0.398 e. The molecular formula is C13H9Br2F2NOS. The van der Waals surface area contributed by atoms with Gasteiger partial charge in [-0.1, -0.05) is 15.9 Å². The number of benzene rings is 2. The Kier molecular flexibility index (Phi) is 4.93. The van der Waals surface area contributed by atoms with Crippen LogP contribution in [-0.4, -0.2) is 4.21 Å². The van der Waals surface area contributed by atoms with Gasteiger partial charge in [-0.25, -0.2) is 8.78 Å². The number of hydrogen-bond donors (Lipinski definition) is 1. The molecule has 0 saturated carbocycles. The van der Waals surface area contributed by atoms with Gasteiger partial charge in [0, 0.05) is 15.7 Å². The standard InChI is InChI=1S/C13H9Br2F2NOS/c14-7-1-4-12(11(18)5-7)20(19)6-8-10(16)3-2-9(15)13(8)17/h1-5H,6,18H2. The van der Waals surface area contributed by atoms with Crippen molar-refractivity contribution in [3.05, 3.63) is 56.5 Å². The molecule has 0 spiro atoms. The monoisotopic (exact) mass is 423 g/mol. The van der Waals surface area contributed by atoms with Crippen molar-refractivity contribution in [2.24, 2.45) is 0 Å². The number of nitrogens with two attached hydrogens (primary N) is 1. The van der Waals surface area contributed by atoms with Gasteiger partial charge in [0.15, 0.2) is 0 Å². The molecule has 7 heteroatoms. The molecule has 0 heterocycles. The summed E-state index contributed by atoms with van der Waals surface area (Å²) in [4.78, 5) is 0.354. The minimum absolute atomic E-state index is 0.134. The molecule has 2 rings (SSSR count). The summed E-state index contributed by atoms with van der Waals surface area (Å²) in [5.74, 6) is -1.74. The van der Waals surface area contributed by atoms with E-state index in [1.54, 1.807) is 18.2 Å². The van der Waals surface area contributed by atoms with E-state index in [1.165, 1.54) is 6.07 Å². The fourth-order valence-corrected chi connectivity index (χ4v) is 3.61. The van der Waals surface area contributed by atoms with Crippen molar-refractivity contribution in [1.29, 1.82) is 0 Å². The molecule has 1 unspecified atom stereocenters. The van der Waals surface area contributed by atoms with Crippen LogP contribution in [0.5, 0.6) is 0 Å². The second-order valence-corrected chi connectivity index (χ2v) is 7.18. The number of nitrogen functional groups attached to an aromatic ring is 1. The molecule has 0 aliphatic heterocycles. The van der Waals surface area contributed by atoms with Gasteiger partial charge in [0.25, 0.3) is 0 Å². The Hall–Kier alpha value is -0.790. The normalized spacial score (nSPS) is 12.4. The highest BCUT2D eigenvalue weighted by Crippen LogP contribution is 2.27. The quantitative estimate of drug-likeness (QED) is 0.586. The Morgan fingerprint density at radius 3 is 2.50 bits per heavy atom. The van der Waals surface area contributed by atoms with Crippen LogP contribution in [-0.2, 0) is 16.6 Å². The highest BCUT2D eigenvalue weighted by molar-refractivity contribution is 9.10. The molecule has 2 aromatic rings. The van der Waals surface area contributed by atoms with Crippen molar-refractivity contribution in [1.82, 2.24) is 0 Å². The van der Waals surface area contributed by atoms with E-state index < -0.39 is 22.4 Å². The highest BCUT2D eigenvalue weighted by atomic mass is 79.9. The van der Waals surface area contributed by atoms with Crippen LogP contribution in [0, 0.1) is 11.6 Å². The maximum absolute atomic E-state index is 13.8. The predicted octanol–water partition coefficient (Wildman–Crippen LogP) is 4.38. The SMILES string of the molecule is Nc1cc(Br)ccc1S(=O)Cc1c(F)ccc(Br)c1F. The third-order valence-electron chi connectivity index (χ3n) is 2.63.